The Labute approximate surface area is 107 Å². The average molecular weight is 245 g/mol. The van der Waals surface area contributed by atoms with Crippen LogP contribution < -0.4 is 0 Å². The maximum Gasteiger partial charge on any atom is 0.00952 e. The molecule has 0 aromatic rings. The summed E-state index contributed by atoms with van der Waals surface area (Å²) in [7, 11) is 0. The van der Waals surface area contributed by atoms with Gasteiger partial charge in [-0.3, -0.25) is 4.70 Å². The molecule has 0 spiro atoms. The number of unbranched alkanes of at least 4 members (excludes halogenated alkanes) is 4. The summed E-state index contributed by atoms with van der Waals surface area (Å²) in [4.78, 5) is 2.79. The summed E-state index contributed by atoms with van der Waals surface area (Å²) in [5.41, 5.74) is 0. The van der Waals surface area contributed by atoms with Gasteiger partial charge in [0.2, 0.25) is 0 Å². The zero-order valence-electron chi connectivity index (χ0n) is 11.9. The highest BCUT2D eigenvalue weighted by Gasteiger charge is 2.20. The van der Waals surface area contributed by atoms with Crippen LogP contribution in [0.2, 0.25) is 0 Å². The first-order chi connectivity index (χ1) is 7.88. The van der Waals surface area contributed by atoms with E-state index < -0.39 is 0 Å². The Bertz CT molecular complexity index is 161. The second-order valence-electron chi connectivity index (χ2n) is 5.39. The Morgan fingerprint density at radius 2 is 1.71 bits per heavy atom. The fourth-order valence-electron chi connectivity index (χ4n) is 2.86. The van der Waals surface area contributed by atoms with Gasteiger partial charge in [0.1, 0.15) is 0 Å². The zero-order valence-corrected chi connectivity index (χ0v) is 11.9. The summed E-state index contributed by atoms with van der Waals surface area (Å²) in [6.07, 6.45) is 14.3. The van der Waals surface area contributed by atoms with Crippen LogP contribution in [-0.4, -0.2) is 24.0 Å². The minimum Gasteiger partial charge on any atom is -0.300 e. The van der Waals surface area contributed by atoms with Crippen molar-refractivity contribution in [3.05, 3.63) is 0 Å². The largest absolute Gasteiger partial charge is 0.300 e. The summed E-state index contributed by atoms with van der Waals surface area (Å²) in [5, 5.41) is 0. The molecule has 0 aliphatic carbocycles. The van der Waals surface area contributed by atoms with Gasteiger partial charge in [-0.15, -0.1) is 0 Å². The molecule has 1 aliphatic heterocycles. The van der Waals surface area contributed by atoms with E-state index in [1.807, 2.05) is 0 Å². The van der Waals surface area contributed by atoms with Gasteiger partial charge in [-0.05, 0) is 38.8 Å². The third kappa shape index (κ3) is 7.03. The summed E-state index contributed by atoms with van der Waals surface area (Å²) in [6.45, 7) is 7.36. The number of piperidine rings is 1. The van der Waals surface area contributed by atoms with Crippen molar-refractivity contribution in [1.29, 1.82) is 0 Å². The van der Waals surface area contributed by atoms with Crippen molar-refractivity contribution in [2.45, 2.75) is 84.1 Å². The van der Waals surface area contributed by atoms with Crippen molar-refractivity contribution >= 4 is 0 Å². The van der Waals surface area contributed by atoms with Crippen LogP contribution in [0.3, 0.4) is 0 Å². The van der Waals surface area contributed by atoms with Crippen molar-refractivity contribution in [3.63, 3.8) is 0 Å². The molecule has 2 heteroatoms. The molecule has 1 saturated heterocycles. The Balaban J connectivity index is 0.00000256. The molecule has 1 unspecified atom stereocenters. The lowest BCUT2D eigenvalue weighted by atomic mass is 9.97. The first-order valence-corrected chi connectivity index (χ1v) is 7.62. The number of hydrogen-bond acceptors (Lipinski definition) is 1. The quantitative estimate of drug-likeness (QED) is 0.557. The lowest BCUT2D eigenvalue weighted by Gasteiger charge is -2.36. The highest BCUT2D eigenvalue weighted by molar-refractivity contribution is 4.76. The fourth-order valence-corrected chi connectivity index (χ4v) is 2.86. The third-order valence-corrected chi connectivity index (χ3v) is 3.94. The molecule has 1 rings (SSSR count). The van der Waals surface area contributed by atoms with Gasteiger partial charge in [0.25, 0.3) is 0 Å². The number of halogens is 1. The van der Waals surface area contributed by atoms with E-state index in [0.717, 1.165) is 6.04 Å². The molecular formula is C15H32FN. The van der Waals surface area contributed by atoms with Crippen LogP contribution in [0, 0.1) is 0 Å². The van der Waals surface area contributed by atoms with Crippen LogP contribution in [0.1, 0.15) is 78.1 Å². The minimum atomic E-state index is 0. The maximum absolute atomic E-state index is 2.79. The lowest BCUT2D eigenvalue weighted by molar-refractivity contribution is 0.135. The van der Waals surface area contributed by atoms with E-state index in [1.54, 1.807) is 0 Å². The van der Waals surface area contributed by atoms with Gasteiger partial charge >= 0.3 is 0 Å². The van der Waals surface area contributed by atoms with Gasteiger partial charge in [0.05, 0.1) is 0 Å². The predicted octanol–water partition coefficient (Wildman–Crippen LogP) is 4.76. The van der Waals surface area contributed by atoms with Gasteiger partial charge in [-0.1, -0.05) is 52.4 Å². The van der Waals surface area contributed by atoms with Crippen LogP contribution in [0.4, 0.5) is 4.70 Å². The second kappa shape index (κ2) is 11.0. The van der Waals surface area contributed by atoms with Crippen LogP contribution in [0.15, 0.2) is 0 Å². The Hall–Kier alpha value is -0.110. The fraction of sp³-hybridized carbons (Fsp3) is 1.00. The SMILES string of the molecule is CCCCCCN1CCCCC1CCCC.F. The van der Waals surface area contributed by atoms with Crippen molar-refractivity contribution in [1.82, 2.24) is 4.90 Å². The Morgan fingerprint density at radius 1 is 0.941 bits per heavy atom. The number of nitrogens with zero attached hydrogens (tertiary/aromatic N) is 1. The predicted molar refractivity (Wildman–Crippen MR) is 75.4 cm³/mol. The molecule has 0 bridgehead atoms. The molecule has 104 valence electrons. The molecule has 17 heavy (non-hydrogen) atoms. The summed E-state index contributed by atoms with van der Waals surface area (Å²) in [6, 6.07) is 0.926. The second-order valence-corrected chi connectivity index (χ2v) is 5.39. The van der Waals surface area contributed by atoms with E-state index in [2.05, 4.69) is 18.7 Å². The first-order valence-electron chi connectivity index (χ1n) is 7.62. The van der Waals surface area contributed by atoms with Gasteiger partial charge in [0.15, 0.2) is 0 Å². The first kappa shape index (κ1) is 16.9. The highest BCUT2D eigenvalue weighted by Crippen LogP contribution is 2.22. The molecule has 1 atom stereocenters. The summed E-state index contributed by atoms with van der Waals surface area (Å²) >= 11 is 0. The molecule has 1 heterocycles. The van der Waals surface area contributed by atoms with Crippen molar-refractivity contribution < 1.29 is 4.70 Å². The van der Waals surface area contributed by atoms with Crippen LogP contribution >= 0.6 is 0 Å². The summed E-state index contributed by atoms with van der Waals surface area (Å²) < 4.78 is 0. The molecule has 1 nitrogen and oxygen atoms in total. The van der Waals surface area contributed by atoms with Crippen LogP contribution in [0.5, 0.6) is 0 Å². The van der Waals surface area contributed by atoms with Gasteiger partial charge < -0.3 is 4.90 Å². The van der Waals surface area contributed by atoms with E-state index in [9.17, 15) is 0 Å². The maximum atomic E-state index is 2.79. The normalized spacial score (nSPS) is 21.2. The number of likely N-dealkylation sites (tertiary alicyclic amines) is 1. The van der Waals surface area contributed by atoms with E-state index in [4.69, 9.17) is 0 Å². The lowest BCUT2D eigenvalue weighted by Crippen LogP contribution is -2.40. The molecular weight excluding hydrogens is 213 g/mol. The number of rotatable bonds is 8. The molecule has 0 amide bonds. The minimum absolute atomic E-state index is 0. The highest BCUT2D eigenvalue weighted by atomic mass is 19.0. The van der Waals surface area contributed by atoms with Gasteiger partial charge in [-0.2, -0.15) is 0 Å². The van der Waals surface area contributed by atoms with E-state index in [0.29, 0.717) is 0 Å². The van der Waals surface area contributed by atoms with Crippen molar-refractivity contribution in [2.75, 3.05) is 13.1 Å². The standard InChI is InChI=1S/C15H31N.FH/c1-3-5-7-9-13-16-14-10-8-12-15(16)11-6-4-2;/h15H,3-14H2,1-2H3;1H. The van der Waals surface area contributed by atoms with E-state index in [-0.39, 0.29) is 4.70 Å². The smallest absolute Gasteiger partial charge is 0.00952 e. The van der Waals surface area contributed by atoms with Gasteiger partial charge in [-0.25, -0.2) is 0 Å². The Morgan fingerprint density at radius 3 is 2.41 bits per heavy atom. The van der Waals surface area contributed by atoms with Gasteiger partial charge in [0, 0.05) is 6.04 Å². The molecule has 1 fully saturated rings. The molecule has 0 N–H and O–H groups in total. The van der Waals surface area contributed by atoms with Crippen LogP contribution in [0.25, 0.3) is 0 Å². The molecule has 0 aromatic heterocycles. The monoisotopic (exact) mass is 245 g/mol. The average Bonchev–Trinajstić information content (AvgIpc) is 2.33. The van der Waals surface area contributed by atoms with Crippen molar-refractivity contribution in [3.8, 4) is 0 Å². The number of hydrogen-bond donors (Lipinski definition) is 0. The van der Waals surface area contributed by atoms with Crippen molar-refractivity contribution in [2.24, 2.45) is 0 Å². The Kier molecular flexibility index (Phi) is 10.9. The van der Waals surface area contributed by atoms with E-state index >= 15 is 0 Å². The summed E-state index contributed by atoms with van der Waals surface area (Å²) in [5.74, 6) is 0. The molecule has 0 saturated carbocycles. The zero-order chi connectivity index (χ0) is 11.6. The van der Waals surface area contributed by atoms with Crippen LogP contribution in [-0.2, 0) is 0 Å². The third-order valence-electron chi connectivity index (χ3n) is 3.94. The topological polar surface area (TPSA) is 3.24 Å². The molecule has 1 aliphatic rings. The molecule has 0 radical (unpaired) electrons. The molecule has 0 aromatic carbocycles. The van der Waals surface area contributed by atoms with E-state index in [1.165, 1.54) is 77.3 Å².